The van der Waals surface area contributed by atoms with Gasteiger partial charge in [-0.1, -0.05) is 42.1 Å². The molecule has 8 heteroatoms. The van der Waals surface area contributed by atoms with Crippen LogP contribution >= 0.6 is 11.8 Å². The fourth-order valence-electron chi connectivity index (χ4n) is 2.84. The van der Waals surface area contributed by atoms with Gasteiger partial charge in [0, 0.05) is 11.3 Å². The van der Waals surface area contributed by atoms with E-state index in [1.165, 1.54) is 17.3 Å². The predicted molar refractivity (Wildman–Crippen MR) is 108 cm³/mol. The maximum absolute atomic E-state index is 12.2. The molecule has 2 aromatic heterocycles. The van der Waals surface area contributed by atoms with E-state index >= 15 is 0 Å². The molecule has 2 aromatic carbocycles. The van der Waals surface area contributed by atoms with Gasteiger partial charge in [-0.05, 0) is 29.8 Å². The fraction of sp³-hybridized carbons (Fsp3) is 0.150. The number of nitrogens with zero attached hydrogens (tertiary/aromatic N) is 3. The van der Waals surface area contributed by atoms with Crippen molar-refractivity contribution in [2.24, 2.45) is 0 Å². The van der Waals surface area contributed by atoms with E-state index in [9.17, 15) is 4.79 Å². The molecule has 0 aliphatic carbocycles. The second kappa shape index (κ2) is 7.77. The average Bonchev–Trinajstić information content (AvgIpc) is 3.20. The van der Waals surface area contributed by atoms with Crippen LogP contribution in [0.5, 0.6) is 11.5 Å². The van der Waals surface area contributed by atoms with E-state index in [4.69, 9.17) is 9.47 Å². The first kappa shape index (κ1) is 18.1. The summed E-state index contributed by atoms with van der Waals surface area (Å²) in [5.74, 6) is 1.96. The Morgan fingerprint density at radius 1 is 1.04 bits per heavy atom. The van der Waals surface area contributed by atoms with E-state index < -0.39 is 0 Å². The fourth-order valence-corrected chi connectivity index (χ4v) is 3.70. The molecule has 4 rings (SSSR count). The molecule has 4 aromatic rings. The van der Waals surface area contributed by atoms with E-state index in [1.807, 2.05) is 48.5 Å². The lowest BCUT2D eigenvalue weighted by molar-refractivity contribution is 0.355. The van der Waals surface area contributed by atoms with Crippen LogP contribution in [0.3, 0.4) is 0 Å². The summed E-state index contributed by atoms with van der Waals surface area (Å²) in [6.07, 6.45) is 0. The smallest absolute Gasteiger partial charge is 0.290 e. The molecule has 0 amide bonds. The molecule has 2 heterocycles. The minimum absolute atomic E-state index is 0.289. The van der Waals surface area contributed by atoms with E-state index in [-0.39, 0.29) is 5.56 Å². The minimum Gasteiger partial charge on any atom is -0.493 e. The van der Waals surface area contributed by atoms with Gasteiger partial charge >= 0.3 is 0 Å². The molecule has 0 aliphatic heterocycles. The van der Waals surface area contributed by atoms with Crippen molar-refractivity contribution in [2.45, 2.75) is 10.9 Å². The van der Waals surface area contributed by atoms with Gasteiger partial charge in [-0.25, -0.2) is 9.61 Å². The Labute approximate surface area is 165 Å². The van der Waals surface area contributed by atoms with E-state index in [0.29, 0.717) is 27.9 Å². The Bertz CT molecular complexity index is 1170. The van der Waals surface area contributed by atoms with Crippen molar-refractivity contribution in [3.8, 4) is 22.8 Å². The van der Waals surface area contributed by atoms with E-state index in [2.05, 4.69) is 15.3 Å². The Hall–Kier alpha value is -3.26. The van der Waals surface area contributed by atoms with Gasteiger partial charge in [0.1, 0.15) is 5.52 Å². The van der Waals surface area contributed by atoms with Crippen molar-refractivity contribution in [2.75, 3.05) is 14.2 Å². The summed E-state index contributed by atoms with van der Waals surface area (Å²) < 4.78 is 12.2. The highest BCUT2D eigenvalue weighted by atomic mass is 32.2. The molecular formula is C20H18N4O3S. The molecule has 1 N–H and O–H groups in total. The zero-order chi connectivity index (χ0) is 19.5. The molecule has 0 spiro atoms. The number of ether oxygens (including phenoxy) is 2. The lowest BCUT2D eigenvalue weighted by Gasteiger charge is -2.08. The van der Waals surface area contributed by atoms with Crippen LogP contribution < -0.4 is 15.0 Å². The third-order valence-corrected chi connectivity index (χ3v) is 5.27. The summed E-state index contributed by atoms with van der Waals surface area (Å²) in [5.41, 5.74) is 2.79. The molecule has 0 bridgehead atoms. The predicted octanol–water partition coefficient (Wildman–Crippen LogP) is 3.39. The largest absolute Gasteiger partial charge is 0.493 e. The van der Waals surface area contributed by atoms with Crippen molar-refractivity contribution < 1.29 is 9.47 Å². The quantitative estimate of drug-likeness (QED) is 0.505. The Morgan fingerprint density at radius 2 is 1.82 bits per heavy atom. The van der Waals surface area contributed by atoms with E-state index in [0.717, 1.165) is 11.3 Å². The zero-order valence-corrected chi connectivity index (χ0v) is 16.2. The monoisotopic (exact) mass is 394 g/mol. The number of aromatic nitrogens is 4. The number of methoxy groups -OCH3 is 2. The highest BCUT2D eigenvalue weighted by Gasteiger charge is 2.14. The average molecular weight is 394 g/mol. The van der Waals surface area contributed by atoms with Gasteiger partial charge in [0.15, 0.2) is 11.5 Å². The van der Waals surface area contributed by atoms with Gasteiger partial charge in [-0.2, -0.15) is 5.10 Å². The van der Waals surface area contributed by atoms with Crippen molar-refractivity contribution in [1.82, 2.24) is 19.8 Å². The van der Waals surface area contributed by atoms with Crippen molar-refractivity contribution in [3.05, 3.63) is 70.5 Å². The van der Waals surface area contributed by atoms with Crippen LogP contribution in [0.15, 0.2) is 64.5 Å². The number of benzene rings is 2. The van der Waals surface area contributed by atoms with Crippen molar-refractivity contribution in [1.29, 1.82) is 0 Å². The number of rotatable bonds is 6. The number of hydrogen-bond donors (Lipinski definition) is 1. The van der Waals surface area contributed by atoms with Gasteiger partial charge in [0.05, 0.1) is 19.9 Å². The first-order valence-corrected chi connectivity index (χ1v) is 9.55. The lowest BCUT2D eigenvalue weighted by atomic mass is 10.1. The van der Waals surface area contributed by atoms with Crippen LogP contribution in [0.2, 0.25) is 0 Å². The van der Waals surface area contributed by atoms with Crippen LogP contribution in [0.4, 0.5) is 0 Å². The molecule has 0 saturated heterocycles. The number of nitrogens with one attached hydrogen (secondary N) is 1. The molecule has 0 atom stereocenters. The molecule has 142 valence electrons. The summed E-state index contributed by atoms with van der Waals surface area (Å²) in [4.78, 5) is 12.2. The zero-order valence-electron chi connectivity index (χ0n) is 15.4. The molecule has 0 saturated carbocycles. The Balaban J connectivity index is 1.72. The van der Waals surface area contributed by atoms with Crippen LogP contribution in [0, 0.1) is 0 Å². The van der Waals surface area contributed by atoms with Crippen molar-refractivity contribution >= 4 is 17.3 Å². The molecule has 0 radical (unpaired) electrons. The number of H-pyrrole nitrogens is 1. The summed E-state index contributed by atoms with van der Waals surface area (Å²) in [5, 5.41) is 11.9. The Kier molecular flexibility index (Phi) is 5.03. The lowest BCUT2D eigenvalue weighted by Crippen LogP contribution is -2.13. The Morgan fingerprint density at radius 3 is 2.57 bits per heavy atom. The molecule has 28 heavy (non-hydrogen) atoms. The van der Waals surface area contributed by atoms with E-state index in [1.54, 1.807) is 24.8 Å². The normalized spacial score (nSPS) is 10.9. The first-order chi connectivity index (χ1) is 13.7. The number of aromatic amines is 1. The molecule has 0 aliphatic rings. The third kappa shape index (κ3) is 3.46. The second-order valence-corrected chi connectivity index (χ2v) is 6.95. The number of fused-ring (bicyclic) bond motifs is 1. The number of thioether (sulfide) groups is 1. The summed E-state index contributed by atoms with van der Waals surface area (Å²) >= 11 is 1.51. The third-order valence-electron chi connectivity index (χ3n) is 4.27. The van der Waals surface area contributed by atoms with Crippen LogP contribution in [0.1, 0.15) is 5.56 Å². The van der Waals surface area contributed by atoms with Gasteiger partial charge < -0.3 is 9.47 Å². The second-order valence-electron chi connectivity index (χ2n) is 6.01. The first-order valence-electron chi connectivity index (χ1n) is 8.57. The maximum Gasteiger partial charge on any atom is 0.290 e. The highest BCUT2D eigenvalue weighted by Crippen LogP contribution is 2.32. The SMILES string of the molecule is COc1ccc(-c2cc3c(=O)[nH]nc(SCc4ccccc4)n3n2)cc1OC. The highest BCUT2D eigenvalue weighted by molar-refractivity contribution is 7.98. The summed E-state index contributed by atoms with van der Waals surface area (Å²) in [6.45, 7) is 0. The minimum atomic E-state index is -0.289. The number of hydrogen-bond acceptors (Lipinski definition) is 6. The van der Waals surface area contributed by atoms with Gasteiger partial charge in [-0.3, -0.25) is 4.79 Å². The van der Waals surface area contributed by atoms with Gasteiger partial charge in [-0.15, -0.1) is 5.10 Å². The topological polar surface area (TPSA) is 81.5 Å². The molecule has 0 unspecified atom stereocenters. The van der Waals surface area contributed by atoms with Gasteiger partial charge in [0.25, 0.3) is 5.56 Å². The van der Waals surface area contributed by atoms with Crippen LogP contribution in [-0.2, 0) is 5.75 Å². The summed E-state index contributed by atoms with van der Waals surface area (Å²) in [7, 11) is 3.17. The standard InChI is InChI=1S/C20H18N4O3S/c1-26-17-9-8-14(10-18(17)27-2)15-11-16-19(25)21-22-20(24(16)23-15)28-12-13-6-4-3-5-7-13/h3-11H,12H2,1-2H3,(H,21,25). The molecule has 0 fully saturated rings. The van der Waals surface area contributed by atoms with Crippen molar-refractivity contribution in [3.63, 3.8) is 0 Å². The van der Waals surface area contributed by atoms with Crippen LogP contribution in [0.25, 0.3) is 16.8 Å². The molecular weight excluding hydrogens is 376 g/mol. The van der Waals surface area contributed by atoms with Gasteiger partial charge in [0.2, 0.25) is 5.16 Å². The maximum atomic E-state index is 12.2. The summed E-state index contributed by atoms with van der Waals surface area (Å²) in [6, 6.07) is 17.3. The van der Waals surface area contributed by atoms with Crippen LogP contribution in [-0.4, -0.2) is 34.0 Å². The molecule has 7 nitrogen and oxygen atoms in total.